The Kier molecular flexibility index (Phi) is 9.40. The van der Waals surface area contributed by atoms with Crippen molar-refractivity contribution in [2.75, 3.05) is 19.6 Å². The average Bonchev–Trinajstić information content (AvgIpc) is 2.59. The molecule has 160 valence electrons. The van der Waals surface area contributed by atoms with Crippen LogP contribution in [0, 0.1) is 5.82 Å². The van der Waals surface area contributed by atoms with Crippen LogP contribution in [0.25, 0.3) is 0 Å². The lowest BCUT2D eigenvalue weighted by molar-refractivity contribution is -0.0494. The Morgan fingerprint density at radius 3 is 2.46 bits per heavy atom. The quantitative estimate of drug-likeness (QED) is 0.262. The van der Waals surface area contributed by atoms with Gasteiger partial charge in [-0.05, 0) is 37.5 Å². The minimum Gasteiger partial charge on any atom is -0.357 e. The number of guanidine groups is 1. The number of hydrogen-bond donors (Lipinski definition) is 2. The predicted molar refractivity (Wildman–Crippen MR) is 109 cm³/mol. The number of sulfonamides is 1. The van der Waals surface area contributed by atoms with Crippen LogP contribution in [0.3, 0.4) is 0 Å². The van der Waals surface area contributed by atoms with Crippen molar-refractivity contribution in [2.24, 2.45) is 4.99 Å². The number of nitrogens with one attached hydrogen (secondary N) is 2. The molecule has 0 unspecified atom stereocenters. The van der Waals surface area contributed by atoms with Gasteiger partial charge in [0, 0.05) is 25.7 Å². The molecule has 0 atom stereocenters. The summed E-state index contributed by atoms with van der Waals surface area (Å²) in [7, 11) is -5.29. The van der Waals surface area contributed by atoms with Gasteiger partial charge in [0.15, 0.2) is 5.96 Å². The van der Waals surface area contributed by atoms with E-state index < -0.39 is 15.5 Å². The van der Waals surface area contributed by atoms with E-state index in [1.165, 1.54) is 12.1 Å². The monoisotopic (exact) mass is 538 g/mol. The van der Waals surface area contributed by atoms with Crippen molar-refractivity contribution in [3.63, 3.8) is 0 Å². The number of benzene rings is 1. The lowest BCUT2D eigenvalue weighted by Crippen LogP contribution is -2.51. The SMILES string of the molecule is CCNC(=NCc1cccc(F)c1)NC1CCN(S(=O)(=O)C(F)(F)F)CC1.I. The van der Waals surface area contributed by atoms with Gasteiger partial charge in [0.2, 0.25) is 0 Å². The fraction of sp³-hybridized carbons (Fsp3) is 0.562. The van der Waals surface area contributed by atoms with Crippen LogP contribution >= 0.6 is 24.0 Å². The van der Waals surface area contributed by atoms with E-state index in [0.717, 1.165) is 0 Å². The molecule has 1 aliphatic rings. The van der Waals surface area contributed by atoms with Crippen LogP contribution in [0.5, 0.6) is 0 Å². The average molecular weight is 538 g/mol. The molecule has 1 aromatic rings. The highest BCUT2D eigenvalue weighted by Crippen LogP contribution is 2.28. The van der Waals surface area contributed by atoms with Gasteiger partial charge in [0.25, 0.3) is 0 Å². The van der Waals surface area contributed by atoms with Gasteiger partial charge in [-0.1, -0.05) is 12.1 Å². The van der Waals surface area contributed by atoms with Crippen molar-refractivity contribution < 1.29 is 26.0 Å². The zero-order valence-electron chi connectivity index (χ0n) is 15.2. The number of hydrogen-bond acceptors (Lipinski definition) is 3. The normalized spacial score (nSPS) is 17.1. The van der Waals surface area contributed by atoms with Crippen LogP contribution in [0.15, 0.2) is 29.3 Å². The van der Waals surface area contributed by atoms with Crippen molar-refractivity contribution in [3.8, 4) is 0 Å². The largest absolute Gasteiger partial charge is 0.511 e. The first-order valence-electron chi connectivity index (χ1n) is 8.49. The molecule has 1 saturated heterocycles. The molecule has 0 spiro atoms. The van der Waals surface area contributed by atoms with Gasteiger partial charge in [0.1, 0.15) is 5.82 Å². The summed E-state index contributed by atoms with van der Waals surface area (Å²) < 4.78 is 74.4. The van der Waals surface area contributed by atoms with Crippen molar-refractivity contribution in [3.05, 3.63) is 35.6 Å². The summed E-state index contributed by atoms with van der Waals surface area (Å²) in [4.78, 5) is 4.34. The fourth-order valence-corrected chi connectivity index (χ4v) is 3.69. The van der Waals surface area contributed by atoms with E-state index in [-0.39, 0.29) is 68.3 Å². The van der Waals surface area contributed by atoms with E-state index in [4.69, 9.17) is 0 Å². The van der Waals surface area contributed by atoms with E-state index in [2.05, 4.69) is 15.6 Å². The summed E-state index contributed by atoms with van der Waals surface area (Å²) >= 11 is 0. The summed E-state index contributed by atoms with van der Waals surface area (Å²) in [5, 5.41) is 6.11. The molecule has 0 bridgehead atoms. The highest BCUT2D eigenvalue weighted by atomic mass is 127. The van der Waals surface area contributed by atoms with Crippen LogP contribution in [-0.2, 0) is 16.6 Å². The molecular formula is C16H23F4IN4O2S. The van der Waals surface area contributed by atoms with Gasteiger partial charge in [-0.3, -0.25) is 0 Å². The third kappa shape index (κ3) is 6.72. The fourth-order valence-electron chi connectivity index (χ4n) is 2.71. The van der Waals surface area contributed by atoms with Gasteiger partial charge in [-0.25, -0.2) is 17.8 Å². The molecule has 28 heavy (non-hydrogen) atoms. The first kappa shape index (κ1) is 24.9. The second kappa shape index (κ2) is 10.6. The Morgan fingerprint density at radius 1 is 1.29 bits per heavy atom. The molecule has 6 nitrogen and oxygen atoms in total. The Hall–Kier alpha value is -1.15. The Bertz CT molecular complexity index is 766. The molecule has 1 aliphatic heterocycles. The zero-order chi connectivity index (χ0) is 20.1. The van der Waals surface area contributed by atoms with Crippen LogP contribution in [0.1, 0.15) is 25.3 Å². The van der Waals surface area contributed by atoms with Crippen LogP contribution < -0.4 is 10.6 Å². The number of nitrogens with zero attached hydrogens (tertiary/aromatic N) is 2. The molecule has 0 saturated carbocycles. The third-order valence-electron chi connectivity index (χ3n) is 4.08. The number of alkyl halides is 3. The molecule has 1 heterocycles. The summed E-state index contributed by atoms with van der Waals surface area (Å²) in [6.45, 7) is 2.22. The maximum Gasteiger partial charge on any atom is 0.511 e. The van der Waals surface area contributed by atoms with E-state index in [1.54, 1.807) is 12.1 Å². The molecule has 0 radical (unpaired) electrons. The second-order valence-electron chi connectivity index (χ2n) is 6.09. The third-order valence-corrected chi connectivity index (χ3v) is 5.71. The maximum absolute atomic E-state index is 13.2. The Morgan fingerprint density at radius 2 is 1.93 bits per heavy atom. The highest BCUT2D eigenvalue weighted by molar-refractivity contribution is 14.0. The van der Waals surface area contributed by atoms with Crippen molar-refractivity contribution in [1.82, 2.24) is 14.9 Å². The highest BCUT2D eigenvalue weighted by Gasteiger charge is 2.50. The molecule has 2 N–H and O–H groups in total. The first-order chi connectivity index (χ1) is 12.6. The molecule has 1 aromatic carbocycles. The van der Waals surface area contributed by atoms with Gasteiger partial charge in [0.05, 0.1) is 6.54 Å². The Balaban J connectivity index is 0.00000392. The number of aliphatic imine (C=N–C) groups is 1. The standard InChI is InChI=1S/C16H22F4N4O2S.HI/c1-2-21-15(22-11-12-4-3-5-13(17)10-12)23-14-6-8-24(9-7-14)27(25,26)16(18,19)20;/h3-5,10,14H,2,6-9,11H2,1H3,(H2,21,22,23);1H. The zero-order valence-corrected chi connectivity index (χ0v) is 18.3. The minimum absolute atomic E-state index is 0. The molecule has 2 rings (SSSR count). The predicted octanol–water partition coefficient (Wildman–Crippen LogP) is 2.81. The van der Waals surface area contributed by atoms with Gasteiger partial charge in [-0.15, -0.1) is 24.0 Å². The molecule has 12 heteroatoms. The molecule has 0 aromatic heterocycles. The molecule has 0 amide bonds. The molecule has 1 fully saturated rings. The van der Waals surface area contributed by atoms with Crippen molar-refractivity contribution in [1.29, 1.82) is 0 Å². The van der Waals surface area contributed by atoms with E-state index >= 15 is 0 Å². The van der Waals surface area contributed by atoms with Crippen molar-refractivity contribution in [2.45, 2.75) is 37.9 Å². The lowest BCUT2D eigenvalue weighted by atomic mass is 10.1. The number of rotatable bonds is 5. The summed E-state index contributed by atoms with van der Waals surface area (Å²) in [6.07, 6.45) is 0.444. The molecular weight excluding hydrogens is 515 g/mol. The Labute approximate surface area is 178 Å². The van der Waals surface area contributed by atoms with Gasteiger partial charge < -0.3 is 10.6 Å². The van der Waals surface area contributed by atoms with Crippen LogP contribution in [0.2, 0.25) is 0 Å². The smallest absolute Gasteiger partial charge is 0.357 e. The topological polar surface area (TPSA) is 73.8 Å². The van der Waals surface area contributed by atoms with Gasteiger partial charge in [-0.2, -0.15) is 17.5 Å². The second-order valence-corrected chi connectivity index (χ2v) is 8.02. The first-order valence-corrected chi connectivity index (χ1v) is 9.93. The van der Waals surface area contributed by atoms with E-state index in [9.17, 15) is 26.0 Å². The maximum atomic E-state index is 13.2. The van der Waals surface area contributed by atoms with Crippen LogP contribution in [-0.4, -0.2) is 49.9 Å². The number of piperidine rings is 1. The minimum atomic E-state index is -5.29. The van der Waals surface area contributed by atoms with Crippen molar-refractivity contribution >= 4 is 40.0 Å². The van der Waals surface area contributed by atoms with Crippen LogP contribution in [0.4, 0.5) is 17.6 Å². The lowest BCUT2D eigenvalue weighted by Gasteiger charge is -2.32. The summed E-state index contributed by atoms with van der Waals surface area (Å²) in [5.41, 5.74) is -4.60. The number of halogens is 5. The summed E-state index contributed by atoms with van der Waals surface area (Å²) in [5.74, 6) is 0.0813. The van der Waals surface area contributed by atoms with E-state index in [0.29, 0.717) is 22.4 Å². The summed E-state index contributed by atoms with van der Waals surface area (Å²) in [6, 6.07) is 5.80. The van der Waals surface area contributed by atoms with Gasteiger partial charge >= 0.3 is 15.5 Å². The molecule has 0 aliphatic carbocycles. The van der Waals surface area contributed by atoms with E-state index in [1.807, 2.05) is 6.92 Å².